The maximum Gasteiger partial charge on any atom is 0.411 e. The molecule has 2 rings (SSSR count). The number of hydrogen-bond acceptors (Lipinski definition) is 4. The Morgan fingerprint density at radius 1 is 1.27 bits per heavy atom. The van der Waals surface area contributed by atoms with E-state index in [1.165, 1.54) is 6.07 Å². The zero-order chi connectivity index (χ0) is 16.3. The lowest BCUT2D eigenvalue weighted by Crippen LogP contribution is -2.20. The van der Waals surface area contributed by atoms with Gasteiger partial charge in [-0.15, -0.1) is 0 Å². The zero-order valence-electron chi connectivity index (χ0n) is 13.3. The molecule has 5 heteroatoms. The fourth-order valence-electron chi connectivity index (χ4n) is 1.96. The molecular formula is C17H21NO4. The minimum absolute atomic E-state index is 0.294. The number of fused-ring (bicyclic) bond motifs is 1. The van der Waals surface area contributed by atoms with E-state index in [2.05, 4.69) is 19.2 Å². The number of amides is 1. The molecule has 0 aliphatic heterocycles. The number of carbonyl (C=O) groups excluding carboxylic acids is 1. The van der Waals surface area contributed by atoms with Crippen molar-refractivity contribution in [2.45, 2.75) is 27.7 Å². The predicted molar refractivity (Wildman–Crippen MR) is 86.2 cm³/mol. The first-order valence-corrected chi connectivity index (χ1v) is 7.35. The maximum absolute atomic E-state index is 11.8. The smallest absolute Gasteiger partial charge is 0.411 e. The Morgan fingerprint density at radius 3 is 2.68 bits per heavy atom. The van der Waals surface area contributed by atoms with Gasteiger partial charge < -0.3 is 9.15 Å². The van der Waals surface area contributed by atoms with E-state index in [0.29, 0.717) is 29.7 Å². The predicted octanol–water partition coefficient (Wildman–Crippen LogP) is 3.94. The molecule has 0 aliphatic carbocycles. The van der Waals surface area contributed by atoms with Crippen molar-refractivity contribution >= 4 is 22.7 Å². The Balaban J connectivity index is 2.08. The Bertz CT molecular complexity index is 733. The minimum atomic E-state index is -0.512. The van der Waals surface area contributed by atoms with Gasteiger partial charge in [-0.2, -0.15) is 0 Å². The van der Waals surface area contributed by atoms with Gasteiger partial charge in [0, 0.05) is 23.2 Å². The number of anilines is 1. The summed E-state index contributed by atoms with van der Waals surface area (Å²) in [6.07, 6.45) is -0.512. The van der Waals surface area contributed by atoms with Crippen LogP contribution in [0.2, 0.25) is 0 Å². The molecule has 118 valence electrons. The van der Waals surface area contributed by atoms with Gasteiger partial charge in [0.25, 0.3) is 0 Å². The SMILES string of the molecule is Cc1cc(=O)oc2cc(NC(=O)OC[C@@H](C)C(C)C)ccc12. The van der Waals surface area contributed by atoms with Gasteiger partial charge >= 0.3 is 11.7 Å². The van der Waals surface area contributed by atoms with Crippen molar-refractivity contribution in [1.29, 1.82) is 0 Å². The van der Waals surface area contributed by atoms with Gasteiger partial charge in [0.2, 0.25) is 0 Å². The van der Waals surface area contributed by atoms with Gasteiger partial charge in [-0.1, -0.05) is 20.8 Å². The molecule has 1 amide bonds. The zero-order valence-corrected chi connectivity index (χ0v) is 13.3. The van der Waals surface area contributed by atoms with E-state index >= 15 is 0 Å². The van der Waals surface area contributed by atoms with E-state index in [1.54, 1.807) is 18.2 Å². The molecule has 5 nitrogen and oxygen atoms in total. The second-order valence-electron chi connectivity index (χ2n) is 5.90. The Labute approximate surface area is 129 Å². The van der Waals surface area contributed by atoms with E-state index in [4.69, 9.17) is 9.15 Å². The quantitative estimate of drug-likeness (QED) is 0.869. The van der Waals surface area contributed by atoms with E-state index in [0.717, 1.165) is 10.9 Å². The lowest BCUT2D eigenvalue weighted by Gasteiger charge is -2.15. The highest BCUT2D eigenvalue weighted by atomic mass is 16.5. The van der Waals surface area contributed by atoms with Crippen LogP contribution in [0.4, 0.5) is 10.5 Å². The molecule has 0 spiro atoms. The van der Waals surface area contributed by atoms with Gasteiger partial charge in [-0.3, -0.25) is 5.32 Å². The summed E-state index contributed by atoms with van der Waals surface area (Å²) in [5, 5.41) is 3.48. The van der Waals surface area contributed by atoms with Gasteiger partial charge in [-0.25, -0.2) is 9.59 Å². The summed E-state index contributed by atoms with van der Waals surface area (Å²) in [5.41, 5.74) is 1.41. The van der Waals surface area contributed by atoms with Gasteiger partial charge in [-0.05, 0) is 36.5 Å². The number of aryl methyl sites for hydroxylation is 1. The van der Waals surface area contributed by atoms with Crippen LogP contribution in [0.25, 0.3) is 11.0 Å². The molecular weight excluding hydrogens is 282 g/mol. The molecule has 0 radical (unpaired) electrons. The van der Waals surface area contributed by atoms with Crippen LogP contribution in [0, 0.1) is 18.8 Å². The fourth-order valence-corrected chi connectivity index (χ4v) is 1.96. The fraction of sp³-hybridized carbons (Fsp3) is 0.412. The topological polar surface area (TPSA) is 68.5 Å². The molecule has 0 aliphatic rings. The number of carbonyl (C=O) groups is 1. The standard InChI is InChI=1S/C17H21NO4/c1-10(2)12(4)9-21-17(20)18-13-5-6-14-11(3)7-16(19)22-15(14)8-13/h5-8,10,12H,9H2,1-4H3,(H,18,20)/t12-/m1/s1. The van der Waals surface area contributed by atoms with Gasteiger partial charge in [0.15, 0.2) is 0 Å². The average Bonchev–Trinajstić information content (AvgIpc) is 2.43. The maximum atomic E-state index is 11.8. The van der Waals surface area contributed by atoms with Crippen LogP contribution in [0.5, 0.6) is 0 Å². The van der Waals surface area contributed by atoms with Crippen LogP contribution in [0.1, 0.15) is 26.3 Å². The van der Waals surface area contributed by atoms with Crippen LogP contribution in [-0.2, 0) is 4.74 Å². The Hall–Kier alpha value is -2.30. The molecule has 0 unspecified atom stereocenters. The lowest BCUT2D eigenvalue weighted by molar-refractivity contribution is 0.133. The molecule has 1 heterocycles. The van der Waals surface area contributed by atoms with Crippen molar-refractivity contribution in [2.24, 2.45) is 11.8 Å². The number of hydrogen-bond donors (Lipinski definition) is 1. The molecule has 0 saturated carbocycles. The summed E-state index contributed by atoms with van der Waals surface area (Å²) < 4.78 is 10.3. The Kier molecular flexibility index (Phi) is 4.85. The van der Waals surface area contributed by atoms with Crippen LogP contribution >= 0.6 is 0 Å². The molecule has 1 N–H and O–H groups in total. The number of ether oxygens (including phenoxy) is 1. The first kappa shape index (κ1) is 16.1. The Morgan fingerprint density at radius 2 is 2.00 bits per heavy atom. The minimum Gasteiger partial charge on any atom is -0.449 e. The molecule has 1 aromatic heterocycles. The summed E-state index contributed by atoms with van der Waals surface area (Å²) in [6, 6.07) is 6.62. The van der Waals surface area contributed by atoms with Gasteiger partial charge in [0.05, 0.1) is 6.61 Å². The molecule has 0 saturated heterocycles. The van der Waals surface area contributed by atoms with Crippen LogP contribution in [0.3, 0.4) is 0 Å². The second-order valence-corrected chi connectivity index (χ2v) is 5.90. The molecule has 0 bridgehead atoms. The van der Waals surface area contributed by atoms with Crippen molar-refractivity contribution in [3.8, 4) is 0 Å². The normalized spacial score (nSPS) is 12.4. The summed E-state index contributed by atoms with van der Waals surface area (Å²) >= 11 is 0. The first-order chi connectivity index (χ1) is 10.4. The lowest BCUT2D eigenvalue weighted by atomic mass is 10.00. The van der Waals surface area contributed by atoms with Crippen molar-refractivity contribution < 1.29 is 13.9 Å². The second kappa shape index (κ2) is 6.64. The molecule has 1 aromatic carbocycles. The highest BCUT2D eigenvalue weighted by Gasteiger charge is 2.11. The van der Waals surface area contributed by atoms with Crippen molar-refractivity contribution in [3.05, 3.63) is 40.2 Å². The average molecular weight is 303 g/mol. The highest BCUT2D eigenvalue weighted by Crippen LogP contribution is 2.21. The highest BCUT2D eigenvalue weighted by molar-refractivity contribution is 5.89. The van der Waals surface area contributed by atoms with Crippen molar-refractivity contribution in [1.82, 2.24) is 0 Å². The molecule has 22 heavy (non-hydrogen) atoms. The summed E-state index contributed by atoms with van der Waals surface area (Å²) in [5.74, 6) is 0.744. The van der Waals surface area contributed by atoms with Crippen LogP contribution in [0.15, 0.2) is 33.5 Å². The molecule has 2 aromatic rings. The first-order valence-electron chi connectivity index (χ1n) is 7.35. The number of benzene rings is 1. The van der Waals surface area contributed by atoms with Crippen molar-refractivity contribution in [2.75, 3.05) is 11.9 Å². The van der Waals surface area contributed by atoms with Crippen LogP contribution in [-0.4, -0.2) is 12.7 Å². The summed E-state index contributed by atoms with van der Waals surface area (Å²) in [7, 11) is 0. The van der Waals surface area contributed by atoms with Crippen molar-refractivity contribution in [3.63, 3.8) is 0 Å². The number of nitrogens with one attached hydrogen (secondary N) is 1. The van der Waals surface area contributed by atoms with E-state index in [-0.39, 0.29) is 0 Å². The van der Waals surface area contributed by atoms with Crippen LogP contribution < -0.4 is 10.9 Å². The summed E-state index contributed by atoms with van der Waals surface area (Å²) in [4.78, 5) is 23.2. The third kappa shape index (κ3) is 3.87. The van der Waals surface area contributed by atoms with E-state index in [9.17, 15) is 9.59 Å². The third-order valence-corrected chi connectivity index (χ3v) is 3.81. The van der Waals surface area contributed by atoms with E-state index in [1.807, 2.05) is 13.8 Å². The third-order valence-electron chi connectivity index (χ3n) is 3.81. The van der Waals surface area contributed by atoms with Gasteiger partial charge in [0.1, 0.15) is 5.58 Å². The number of rotatable bonds is 4. The molecule has 0 fully saturated rings. The molecule has 1 atom stereocenters. The largest absolute Gasteiger partial charge is 0.449 e. The van der Waals surface area contributed by atoms with E-state index < -0.39 is 11.7 Å². The monoisotopic (exact) mass is 303 g/mol. The summed E-state index contributed by atoms with van der Waals surface area (Å²) in [6.45, 7) is 8.41.